The summed E-state index contributed by atoms with van der Waals surface area (Å²) in [6, 6.07) is 6.64. The highest BCUT2D eigenvalue weighted by Crippen LogP contribution is 2.57. The maximum Gasteiger partial charge on any atom is 0.433 e. The van der Waals surface area contributed by atoms with Crippen molar-refractivity contribution < 1.29 is 69.3 Å². The molecule has 0 heterocycles. The summed E-state index contributed by atoms with van der Waals surface area (Å²) in [5, 5.41) is 6.05. The minimum absolute atomic E-state index is 0.0342. The smallest absolute Gasteiger partial charge is 0.433 e. The zero-order valence-corrected chi connectivity index (χ0v) is 46.4. The Morgan fingerprint density at radius 3 is 1.51 bits per heavy atom. The Balaban J connectivity index is 0.000000477. The molecule has 4 bridgehead atoms. The molecule has 1 amide bonds. The predicted octanol–water partition coefficient (Wildman–Crippen LogP) is 12.1. The lowest BCUT2D eigenvalue weighted by Gasteiger charge is -2.56. The van der Waals surface area contributed by atoms with Crippen LogP contribution in [0.5, 0.6) is 0 Å². The van der Waals surface area contributed by atoms with Crippen LogP contribution in [0.2, 0.25) is 0 Å². The number of rotatable bonds is 19. The van der Waals surface area contributed by atoms with Crippen molar-refractivity contribution in [3.63, 3.8) is 0 Å². The van der Waals surface area contributed by atoms with Crippen molar-refractivity contribution in [3.8, 4) is 0 Å². The van der Waals surface area contributed by atoms with Gasteiger partial charge in [-0.25, -0.2) is 13.2 Å². The minimum atomic E-state index is -4.49. The lowest BCUT2D eigenvalue weighted by molar-refractivity contribution is -0.221. The fraction of sp³-hybridized carbons (Fsp3) is 0.774. The van der Waals surface area contributed by atoms with Crippen LogP contribution in [0.15, 0.2) is 34.3 Å². The Kier molecular flexibility index (Phi) is 25.3. The maximum absolute atomic E-state index is 12.4. The molecule has 0 saturated heterocycles. The zero-order chi connectivity index (χ0) is 54.8. The molecule has 1 atom stereocenters. The fourth-order valence-electron chi connectivity index (χ4n) is 7.47. The van der Waals surface area contributed by atoms with E-state index < -0.39 is 50.4 Å². The first-order valence-electron chi connectivity index (χ1n) is 25.2. The van der Waals surface area contributed by atoms with E-state index in [0.29, 0.717) is 19.3 Å². The Hall–Kier alpha value is -4.22. The van der Waals surface area contributed by atoms with E-state index in [4.69, 9.17) is 14.2 Å². The van der Waals surface area contributed by atoms with Crippen molar-refractivity contribution in [1.29, 1.82) is 0 Å². The molecule has 71 heavy (non-hydrogen) atoms. The normalized spacial score (nSPS) is 20.3. The molecule has 4 fully saturated rings. The molecule has 1 unspecified atom stereocenters. The summed E-state index contributed by atoms with van der Waals surface area (Å²) < 4.78 is 80.7. The van der Waals surface area contributed by atoms with Crippen LogP contribution in [0.25, 0.3) is 0 Å². The third-order valence-corrected chi connectivity index (χ3v) is 15.8. The van der Waals surface area contributed by atoms with Crippen molar-refractivity contribution in [2.45, 2.75) is 204 Å². The summed E-state index contributed by atoms with van der Waals surface area (Å²) in [5.41, 5.74) is -0.594. The summed E-state index contributed by atoms with van der Waals surface area (Å²) >= 11 is 0. The Morgan fingerprint density at radius 2 is 1.10 bits per heavy atom. The topological polar surface area (TPSA) is 190 Å². The molecule has 4 saturated carbocycles. The Labute approximate surface area is 422 Å². The molecule has 0 spiro atoms. The van der Waals surface area contributed by atoms with Gasteiger partial charge in [0.15, 0.2) is 15.9 Å². The van der Waals surface area contributed by atoms with Gasteiger partial charge < -0.3 is 24.3 Å². The number of amides is 1. The van der Waals surface area contributed by atoms with Crippen LogP contribution in [0.4, 0.5) is 18.0 Å². The lowest BCUT2D eigenvalue weighted by Crippen LogP contribution is -2.53. The number of nitrogens with zero attached hydrogens (tertiary/aromatic N) is 1. The average Bonchev–Trinajstić information content (AvgIpc) is 3.29. The van der Waals surface area contributed by atoms with E-state index in [1.54, 1.807) is 65.8 Å². The van der Waals surface area contributed by atoms with E-state index in [-0.39, 0.29) is 59.3 Å². The minimum Gasteiger partial charge on any atom is -0.464 e. The highest BCUT2D eigenvalue weighted by Gasteiger charge is 2.54. The molecule has 18 heteroatoms. The number of carbonyl (C=O) groups excluding carboxylic acids is 5. The molecule has 0 aromatic heterocycles. The molecule has 408 valence electrons. The van der Waals surface area contributed by atoms with Gasteiger partial charge in [-0.2, -0.15) is 13.2 Å². The van der Waals surface area contributed by atoms with E-state index in [1.807, 2.05) is 55.4 Å². The highest BCUT2D eigenvalue weighted by molar-refractivity contribution is 7.91. The second-order valence-corrected chi connectivity index (χ2v) is 24.0. The number of hydrogen-bond donors (Lipinski definition) is 1. The van der Waals surface area contributed by atoms with Crippen molar-refractivity contribution in [2.24, 2.45) is 44.6 Å². The molecule has 1 aromatic rings. The second-order valence-electron chi connectivity index (χ2n) is 21.9. The molecule has 1 aromatic carbocycles. The number of aryl methyl sites for hydroxylation is 1. The van der Waals surface area contributed by atoms with E-state index in [9.17, 15) is 45.6 Å². The van der Waals surface area contributed by atoms with Gasteiger partial charge in [-0.15, -0.1) is 0 Å². The monoisotopic (exact) mass is 1030 g/mol. The first-order valence-corrected chi connectivity index (χ1v) is 26.8. The first-order chi connectivity index (χ1) is 32.5. The number of benzene rings is 1. The molecule has 1 N–H and O–H groups in total. The van der Waals surface area contributed by atoms with Crippen molar-refractivity contribution in [1.82, 2.24) is 5.32 Å². The van der Waals surface area contributed by atoms with E-state index in [1.165, 1.54) is 19.3 Å². The van der Waals surface area contributed by atoms with Crippen LogP contribution < -0.4 is 5.32 Å². The largest absolute Gasteiger partial charge is 0.464 e. The van der Waals surface area contributed by atoms with Gasteiger partial charge in [0.25, 0.3) is 0 Å². The Morgan fingerprint density at radius 1 is 0.690 bits per heavy atom. The molecule has 0 radical (unpaired) electrons. The highest BCUT2D eigenvalue weighted by atomic mass is 32.2. The number of ether oxygens (including phenoxy) is 4. The molecular weight excluding hydrogens is 946 g/mol. The summed E-state index contributed by atoms with van der Waals surface area (Å²) in [6.45, 7) is 28.5. The standard InChI is InChI=1S/C16H26O2.C15H22O4S.C13H24N2O4.C9H15F3O2/c1-4-15(2,3)14(17)18-16-8-11-5-12(9-16)7-13(6-11)10-16;1-5-15(3,4)14(16)19-10-11-20(17,18)13-8-6-12(2)7-9-13;1-6-10(3)15-19-12(17)14-8-9-18-11(16)13(4,5)7-2;1-5-8(3,4)7(13)14-6(2)9(10,11)12/h11-13H,4-10H2,1-3H3;6-9H,5,10-11H2,1-4H3;6-9H2,1-5H3,(H,14,17);6H,5H2,1-4H3/b;;15-10+;. The number of oxime groups is 1. The van der Waals surface area contributed by atoms with Crippen LogP contribution in [-0.2, 0) is 52.8 Å². The van der Waals surface area contributed by atoms with Crippen molar-refractivity contribution in [2.75, 3.05) is 25.5 Å². The van der Waals surface area contributed by atoms with Crippen LogP contribution in [0, 0.1) is 46.3 Å². The summed E-state index contributed by atoms with van der Waals surface area (Å²) in [7, 11) is -3.40. The second kappa shape index (κ2) is 27.7. The molecule has 4 aliphatic rings. The number of carbonyl (C=O) groups is 5. The van der Waals surface area contributed by atoms with Crippen LogP contribution in [0.1, 0.15) is 180 Å². The number of sulfone groups is 1. The lowest BCUT2D eigenvalue weighted by atomic mass is 9.54. The molecule has 14 nitrogen and oxygen atoms in total. The quantitative estimate of drug-likeness (QED) is 0.0345. The van der Waals surface area contributed by atoms with Gasteiger partial charge in [0.2, 0.25) is 0 Å². The summed E-state index contributed by atoms with van der Waals surface area (Å²) in [5.74, 6) is 0.916. The van der Waals surface area contributed by atoms with Gasteiger partial charge in [-0.05, 0) is 177 Å². The van der Waals surface area contributed by atoms with E-state index in [2.05, 4.69) is 27.0 Å². The number of nitrogens with one attached hydrogen (secondary N) is 1. The predicted molar refractivity (Wildman–Crippen MR) is 268 cm³/mol. The summed E-state index contributed by atoms with van der Waals surface area (Å²) in [4.78, 5) is 63.0. The molecule has 4 aliphatic carbocycles. The van der Waals surface area contributed by atoms with Crippen molar-refractivity contribution >= 4 is 45.5 Å². The van der Waals surface area contributed by atoms with Crippen LogP contribution >= 0.6 is 0 Å². The van der Waals surface area contributed by atoms with Gasteiger partial charge in [-0.3, -0.25) is 24.0 Å². The van der Waals surface area contributed by atoms with E-state index in [0.717, 1.165) is 68.1 Å². The fourth-order valence-corrected chi connectivity index (χ4v) is 8.56. The number of esters is 4. The number of hydrogen-bond acceptors (Lipinski definition) is 13. The maximum atomic E-state index is 12.4. The van der Waals surface area contributed by atoms with Crippen LogP contribution in [0.3, 0.4) is 0 Å². The summed E-state index contributed by atoms with van der Waals surface area (Å²) in [6.07, 6.45) is 3.81. The zero-order valence-electron chi connectivity index (χ0n) is 45.6. The third kappa shape index (κ3) is 21.8. The van der Waals surface area contributed by atoms with Gasteiger partial charge in [-0.1, -0.05) is 57.5 Å². The Bertz CT molecular complexity index is 1990. The van der Waals surface area contributed by atoms with Crippen LogP contribution in [-0.4, -0.2) is 87.5 Å². The van der Waals surface area contributed by atoms with Gasteiger partial charge in [0, 0.05) is 0 Å². The average molecular weight is 1030 g/mol. The number of alkyl halides is 3. The third-order valence-electron chi connectivity index (χ3n) is 14.1. The molecular formula is C53H87F3N2O12S. The molecule has 5 rings (SSSR count). The number of halogens is 3. The van der Waals surface area contributed by atoms with E-state index >= 15 is 0 Å². The SMILES string of the molecule is CC/C(C)=N/OC(=O)NCCOC(=O)C(C)(C)CC.CCC(C)(C)C(=O)OC(C)C(F)(F)F.CCC(C)(C)C(=O)OC12CC3CC(CC(C3)C1)C2.CCC(C)(C)C(=O)OCCS(=O)(=O)c1ccc(C)cc1. The first kappa shape index (κ1) is 64.8. The van der Waals surface area contributed by atoms with Gasteiger partial charge in [0.1, 0.15) is 18.8 Å². The molecule has 0 aliphatic heterocycles. The van der Waals surface area contributed by atoms with Gasteiger partial charge >= 0.3 is 36.1 Å². The van der Waals surface area contributed by atoms with Crippen molar-refractivity contribution in [3.05, 3.63) is 29.8 Å². The van der Waals surface area contributed by atoms with Gasteiger partial charge in [0.05, 0.1) is 44.6 Å².